The number of carbonyl (C=O) groups is 1. The smallest absolute Gasteiger partial charge is 0.342 e. The number of carbonyl (C=O) groups excluding carboxylic acids is 1. The molecule has 0 radical (unpaired) electrons. The Kier molecular flexibility index (Phi) is 5.44. The van der Waals surface area contributed by atoms with E-state index in [1.165, 1.54) is 4.90 Å². The van der Waals surface area contributed by atoms with Crippen molar-refractivity contribution in [2.45, 2.75) is 45.3 Å². The lowest BCUT2D eigenvalue weighted by Crippen LogP contribution is -2.46. The highest BCUT2D eigenvalue weighted by molar-refractivity contribution is 5.76. The second-order valence-electron chi connectivity index (χ2n) is 4.88. The van der Waals surface area contributed by atoms with Gasteiger partial charge in [-0.3, -0.25) is 4.79 Å². The van der Waals surface area contributed by atoms with Crippen LogP contribution in [0.25, 0.3) is 0 Å². The number of rotatable bonds is 4. The first-order valence-corrected chi connectivity index (χ1v) is 6.42. The van der Waals surface area contributed by atoms with Crippen LogP contribution in [-0.4, -0.2) is 42.7 Å². The Morgan fingerprint density at radius 2 is 2.17 bits per heavy atom. The number of likely N-dealkylation sites (tertiary alicyclic amines) is 1. The molecule has 106 valence electrons. The van der Waals surface area contributed by atoms with Gasteiger partial charge in [-0.2, -0.15) is 13.2 Å². The Bertz CT molecular complexity index is 281. The summed E-state index contributed by atoms with van der Waals surface area (Å²) in [5.74, 6) is -1.54. The topological polar surface area (TPSA) is 32.3 Å². The molecule has 2 unspecified atom stereocenters. The summed E-state index contributed by atoms with van der Waals surface area (Å²) in [6, 6.07) is 0.00811. The van der Waals surface area contributed by atoms with E-state index in [0.29, 0.717) is 13.0 Å². The van der Waals surface area contributed by atoms with Crippen molar-refractivity contribution >= 4 is 5.91 Å². The first-order chi connectivity index (χ1) is 8.34. The maximum absolute atomic E-state index is 12.6. The lowest BCUT2D eigenvalue weighted by molar-refractivity contribution is -0.188. The van der Waals surface area contributed by atoms with E-state index in [4.69, 9.17) is 0 Å². The largest absolute Gasteiger partial charge is 0.393 e. The number of amides is 1. The highest BCUT2D eigenvalue weighted by atomic mass is 19.4. The van der Waals surface area contributed by atoms with Crippen LogP contribution in [0.2, 0.25) is 0 Å². The van der Waals surface area contributed by atoms with Crippen molar-refractivity contribution in [1.29, 1.82) is 0 Å². The lowest BCUT2D eigenvalue weighted by Gasteiger charge is -2.34. The van der Waals surface area contributed by atoms with Crippen molar-refractivity contribution in [3.63, 3.8) is 0 Å². The van der Waals surface area contributed by atoms with Crippen LogP contribution >= 0.6 is 0 Å². The molecule has 0 aromatic carbocycles. The minimum atomic E-state index is -4.19. The molecule has 0 bridgehead atoms. The summed E-state index contributed by atoms with van der Waals surface area (Å²) in [6.07, 6.45) is -3.35. The van der Waals surface area contributed by atoms with Gasteiger partial charge in [-0.25, -0.2) is 0 Å². The summed E-state index contributed by atoms with van der Waals surface area (Å²) in [5, 5.41) is 3.09. The fourth-order valence-electron chi connectivity index (χ4n) is 2.28. The lowest BCUT2D eigenvalue weighted by atomic mass is 9.97. The molecule has 6 heteroatoms. The predicted molar refractivity (Wildman–Crippen MR) is 63.1 cm³/mol. The van der Waals surface area contributed by atoms with E-state index in [9.17, 15) is 18.0 Å². The first-order valence-electron chi connectivity index (χ1n) is 6.42. The summed E-state index contributed by atoms with van der Waals surface area (Å²) in [6.45, 7) is 4.82. The Hall–Kier alpha value is -0.780. The van der Waals surface area contributed by atoms with Crippen LogP contribution in [0.1, 0.15) is 33.1 Å². The minimum absolute atomic E-state index is 0.00811. The summed E-state index contributed by atoms with van der Waals surface area (Å²) in [4.78, 5) is 13.2. The zero-order valence-electron chi connectivity index (χ0n) is 10.9. The molecule has 1 heterocycles. The number of piperidine rings is 1. The van der Waals surface area contributed by atoms with Crippen LogP contribution in [0.4, 0.5) is 13.2 Å². The molecule has 0 aromatic rings. The molecule has 2 atom stereocenters. The fourth-order valence-corrected chi connectivity index (χ4v) is 2.28. The standard InChI is InChI=1S/C12H21F3N2O/c1-3-16-9(2)7-11(18)17-6-4-5-10(8-17)12(13,14)15/h9-10,16H,3-8H2,1-2H3. The number of nitrogens with one attached hydrogen (secondary N) is 1. The van der Waals surface area contributed by atoms with Gasteiger partial charge in [-0.15, -0.1) is 0 Å². The molecule has 1 aliphatic rings. The maximum Gasteiger partial charge on any atom is 0.393 e. The molecular formula is C12H21F3N2O. The first kappa shape index (κ1) is 15.3. The molecule has 3 nitrogen and oxygen atoms in total. The highest BCUT2D eigenvalue weighted by Crippen LogP contribution is 2.33. The van der Waals surface area contributed by atoms with Gasteiger partial charge in [0.1, 0.15) is 0 Å². The van der Waals surface area contributed by atoms with Crippen LogP contribution in [0.5, 0.6) is 0 Å². The summed E-state index contributed by atoms with van der Waals surface area (Å²) >= 11 is 0. The molecule has 0 spiro atoms. The summed E-state index contributed by atoms with van der Waals surface area (Å²) in [7, 11) is 0. The van der Waals surface area contributed by atoms with Crippen molar-refractivity contribution in [1.82, 2.24) is 10.2 Å². The number of hydrogen-bond acceptors (Lipinski definition) is 2. The molecule has 0 saturated carbocycles. The quantitative estimate of drug-likeness (QED) is 0.846. The van der Waals surface area contributed by atoms with Crippen molar-refractivity contribution in [3.8, 4) is 0 Å². The van der Waals surface area contributed by atoms with Crippen LogP contribution in [0, 0.1) is 5.92 Å². The zero-order valence-corrected chi connectivity index (χ0v) is 10.9. The van der Waals surface area contributed by atoms with E-state index in [2.05, 4.69) is 5.32 Å². The third kappa shape index (κ3) is 4.48. The zero-order chi connectivity index (χ0) is 13.8. The average Bonchev–Trinajstić information content (AvgIpc) is 2.28. The Morgan fingerprint density at radius 3 is 2.72 bits per heavy atom. The predicted octanol–water partition coefficient (Wildman–Crippen LogP) is 2.18. The average molecular weight is 266 g/mol. The van der Waals surface area contributed by atoms with Gasteiger partial charge in [-0.05, 0) is 26.3 Å². The number of nitrogens with zero attached hydrogens (tertiary/aromatic N) is 1. The molecule has 1 N–H and O–H groups in total. The number of halogens is 3. The monoisotopic (exact) mass is 266 g/mol. The number of hydrogen-bond donors (Lipinski definition) is 1. The Morgan fingerprint density at radius 1 is 1.50 bits per heavy atom. The van der Waals surface area contributed by atoms with Gasteiger partial charge in [-0.1, -0.05) is 6.92 Å². The highest BCUT2D eigenvalue weighted by Gasteiger charge is 2.42. The van der Waals surface area contributed by atoms with Crippen molar-refractivity contribution in [2.75, 3.05) is 19.6 Å². The molecule has 1 rings (SSSR count). The van der Waals surface area contributed by atoms with Gasteiger partial charge < -0.3 is 10.2 Å². The third-order valence-electron chi connectivity index (χ3n) is 3.27. The van der Waals surface area contributed by atoms with Gasteiger partial charge in [0.25, 0.3) is 0 Å². The molecule has 1 amide bonds. The molecule has 1 saturated heterocycles. The SMILES string of the molecule is CCNC(C)CC(=O)N1CCCC(C(F)(F)F)C1. The van der Waals surface area contributed by atoms with Crippen LogP contribution in [0.15, 0.2) is 0 Å². The van der Waals surface area contributed by atoms with Crippen LogP contribution < -0.4 is 5.32 Å². The molecular weight excluding hydrogens is 245 g/mol. The van der Waals surface area contributed by atoms with Gasteiger partial charge >= 0.3 is 6.18 Å². The molecule has 0 aromatic heterocycles. The Labute approximate surface area is 106 Å². The fraction of sp³-hybridized carbons (Fsp3) is 0.917. The van der Waals surface area contributed by atoms with Crippen LogP contribution in [0.3, 0.4) is 0 Å². The van der Waals surface area contributed by atoms with Crippen molar-refractivity contribution < 1.29 is 18.0 Å². The molecule has 18 heavy (non-hydrogen) atoms. The van der Waals surface area contributed by atoms with E-state index >= 15 is 0 Å². The molecule has 0 aliphatic carbocycles. The molecule has 1 fully saturated rings. The molecule has 1 aliphatic heterocycles. The normalized spacial score (nSPS) is 22.9. The maximum atomic E-state index is 12.6. The van der Waals surface area contributed by atoms with Gasteiger partial charge in [0, 0.05) is 25.6 Å². The van der Waals surface area contributed by atoms with E-state index < -0.39 is 12.1 Å². The van der Waals surface area contributed by atoms with Crippen molar-refractivity contribution in [3.05, 3.63) is 0 Å². The Balaban J connectivity index is 2.48. The van der Waals surface area contributed by atoms with Gasteiger partial charge in [0.15, 0.2) is 0 Å². The van der Waals surface area contributed by atoms with Gasteiger partial charge in [0.05, 0.1) is 5.92 Å². The minimum Gasteiger partial charge on any atom is -0.342 e. The van der Waals surface area contributed by atoms with E-state index in [1.54, 1.807) is 0 Å². The van der Waals surface area contributed by atoms with E-state index in [0.717, 1.165) is 6.54 Å². The third-order valence-corrected chi connectivity index (χ3v) is 3.27. The summed E-state index contributed by atoms with van der Waals surface area (Å²) in [5.41, 5.74) is 0. The second-order valence-corrected chi connectivity index (χ2v) is 4.88. The van der Waals surface area contributed by atoms with Crippen LogP contribution in [-0.2, 0) is 4.79 Å². The van der Waals surface area contributed by atoms with Crippen molar-refractivity contribution in [2.24, 2.45) is 5.92 Å². The summed E-state index contributed by atoms with van der Waals surface area (Å²) < 4.78 is 37.8. The second kappa shape index (κ2) is 6.41. The van der Waals surface area contributed by atoms with E-state index in [-0.39, 0.29) is 31.3 Å². The van der Waals surface area contributed by atoms with Gasteiger partial charge in [0.2, 0.25) is 5.91 Å². The number of alkyl halides is 3. The van der Waals surface area contributed by atoms with E-state index in [1.807, 2.05) is 13.8 Å².